The Balaban J connectivity index is 4.11. The van der Waals surface area contributed by atoms with Gasteiger partial charge in [-0.3, -0.25) is 0 Å². The number of rotatable bonds is 6. The molecule has 0 saturated heterocycles. The van der Waals surface area contributed by atoms with Gasteiger partial charge in [0.05, 0.1) is 15.5 Å². The molecule has 0 aliphatic heterocycles. The number of nitrogens with zero attached hydrogens (tertiary/aromatic N) is 1. The Bertz CT molecular complexity index is 331. The van der Waals surface area contributed by atoms with E-state index in [-0.39, 0.29) is 5.75 Å². The molecule has 0 heterocycles. The van der Waals surface area contributed by atoms with Gasteiger partial charge in [-0.2, -0.15) is 0 Å². The summed E-state index contributed by atoms with van der Waals surface area (Å²) in [5.74, 6) is 0.171. The van der Waals surface area contributed by atoms with E-state index in [4.69, 9.17) is 18.0 Å². The third-order valence-electron chi connectivity index (χ3n) is 2.41. The largest absolute Gasteiger partial charge is 0.393 e. The molecule has 0 bridgehead atoms. The van der Waals surface area contributed by atoms with Crippen LogP contribution in [0.25, 0.3) is 0 Å². The molecule has 16 heavy (non-hydrogen) atoms. The van der Waals surface area contributed by atoms with E-state index < -0.39 is 14.6 Å². The Morgan fingerprint density at radius 3 is 2.19 bits per heavy atom. The van der Waals surface area contributed by atoms with Crippen molar-refractivity contribution < 1.29 is 8.42 Å². The van der Waals surface area contributed by atoms with Crippen LogP contribution in [0.1, 0.15) is 27.2 Å². The normalized spacial score (nSPS) is 13.1. The lowest BCUT2D eigenvalue weighted by molar-refractivity contribution is 0.363. The molecular formula is C10H22N2O2S2. The van der Waals surface area contributed by atoms with Crippen molar-refractivity contribution in [2.75, 3.05) is 25.9 Å². The number of hydrogen-bond donors (Lipinski definition) is 1. The SMILES string of the molecule is CN(CCC(N)=S)CCS(=O)(=O)C(C)(C)C. The second-order valence-electron chi connectivity index (χ2n) is 4.95. The van der Waals surface area contributed by atoms with Gasteiger partial charge in [0.15, 0.2) is 9.84 Å². The average molecular weight is 266 g/mol. The molecule has 0 aliphatic carbocycles. The molecular weight excluding hydrogens is 244 g/mol. The predicted octanol–water partition coefficient (Wildman–Crippen LogP) is 0.808. The highest BCUT2D eigenvalue weighted by Gasteiger charge is 2.28. The highest BCUT2D eigenvalue weighted by atomic mass is 32.2. The molecule has 0 amide bonds. The molecule has 6 heteroatoms. The van der Waals surface area contributed by atoms with E-state index in [9.17, 15) is 8.42 Å². The third kappa shape index (κ3) is 5.77. The van der Waals surface area contributed by atoms with Gasteiger partial charge < -0.3 is 10.6 Å². The monoisotopic (exact) mass is 266 g/mol. The molecule has 0 unspecified atom stereocenters. The van der Waals surface area contributed by atoms with Crippen LogP contribution in [0, 0.1) is 0 Å². The lowest BCUT2D eigenvalue weighted by atomic mass is 10.3. The fraction of sp³-hybridized carbons (Fsp3) is 0.900. The molecule has 0 fully saturated rings. The zero-order valence-electron chi connectivity index (χ0n) is 10.5. The lowest BCUT2D eigenvalue weighted by Crippen LogP contribution is -2.36. The third-order valence-corrected chi connectivity index (χ3v) is 5.20. The molecule has 96 valence electrons. The summed E-state index contributed by atoms with van der Waals surface area (Å²) in [7, 11) is -1.17. The Kier molecular flexibility index (Phi) is 5.86. The smallest absolute Gasteiger partial charge is 0.156 e. The van der Waals surface area contributed by atoms with E-state index in [1.807, 2.05) is 11.9 Å². The van der Waals surface area contributed by atoms with Gasteiger partial charge in [0.1, 0.15) is 0 Å². The van der Waals surface area contributed by atoms with Crippen LogP contribution < -0.4 is 5.73 Å². The van der Waals surface area contributed by atoms with Gasteiger partial charge >= 0.3 is 0 Å². The molecule has 0 aliphatic rings. The van der Waals surface area contributed by atoms with Gasteiger partial charge in [0, 0.05) is 19.5 Å². The summed E-state index contributed by atoms with van der Waals surface area (Å²) in [6.45, 7) is 6.38. The molecule has 0 saturated carbocycles. The highest BCUT2D eigenvalue weighted by molar-refractivity contribution is 7.92. The molecule has 4 nitrogen and oxygen atoms in total. The van der Waals surface area contributed by atoms with E-state index in [0.717, 1.165) is 0 Å². The summed E-state index contributed by atoms with van der Waals surface area (Å²) >= 11 is 4.76. The van der Waals surface area contributed by atoms with Gasteiger partial charge in [-0.15, -0.1) is 0 Å². The molecule has 0 aromatic carbocycles. The molecule has 0 spiro atoms. The van der Waals surface area contributed by atoms with Crippen molar-refractivity contribution in [2.24, 2.45) is 5.73 Å². The molecule has 0 rings (SSSR count). The van der Waals surface area contributed by atoms with Crippen molar-refractivity contribution in [1.29, 1.82) is 0 Å². The summed E-state index contributed by atoms with van der Waals surface area (Å²) in [4.78, 5) is 2.40. The minimum atomic E-state index is -3.04. The first kappa shape index (κ1) is 15.8. The minimum Gasteiger partial charge on any atom is -0.393 e. The van der Waals surface area contributed by atoms with Crippen molar-refractivity contribution in [2.45, 2.75) is 31.9 Å². The van der Waals surface area contributed by atoms with Crippen molar-refractivity contribution in [3.05, 3.63) is 0 Å². The Morgan fingerprint density at radius 1 is 1.31 bits per heavy atom. The quantitative estimate of drug-likeness (QED) is 0.721. The first-order valence-electron chi connectivity index (χ1n) is 5.25. The van der Waals surface area contributed by atoms with Crippen LogP contribution in [0.4, 0.5) is 0 Å². The summed E-state index contributed by atoms with van der Waals surface area (Å²) in [5, 5.41) is 0. The van der Waals surface area contributed by atoms with Crippen LogP contribution in [0.5, 0.6) is 0 Å². The summed E-state index contributed by atoms with van der Waals surface area (Å²) < 4.78 is 23.0. The van der Waals surface area contributed by atoms with Crippen molar-refractivity contribution in [3.8, 4) is 0 Å². The zero-order chi connectivity index (χ0) is 13.0. The molecule has 0 aromatic heterocycles. The second-order valence-corrected chi connectivity index (χ2v) is 8.34. The van der Waals surface area contributed by atoms with Gasteiger partial charge in [-0.25, -0.2) is 8.42 Å². The maximum absolute atomic E-state index is 11.8. The molecule has 2 N–H and O–H groups in total. The fourth-order valence-corrected chi connectivity index (χ4v) is 2.25. The van der Waals surface area contributed by atoms with E-state index in [1.54, 1.807) is 20.8 Å². The van der Waals surface area contributed by atoms with Crippen LogP contribution in [0.15, 0.2) is 0 Å². The average Bonchev–Trinajstić information content (AvgIpc) is 2.09. The molecule has 0 radical (unpaired) electrons. The van der Waals surface area contributed by atoms with Crippen LogP contribution >= 0.6 is 12.2 Å². The summed E-state index contributed by atoms with van der Waals surface area (Å²) in [6.07, 6.45) is 0.626. The van der Waals surface area contributed by atoms with Gasteiger partial charge in [-0.1, -0.05) is 12.2 Å². The van der Waals surface area contributed by atoms with Crippen LogP contribution in [-0.4, -0.2) is 48.9 Å². The van der Waals surface area contributed by atoms with Crippen LogP contribution in [0.2, 0.25) is 0 Å². The standard InChI is InChI=1S/C10H22N2O2S2/c1-10(2,3)16(13,14)8-7-12(4)6-5-9(11)15/h5-8H2,1-4H3,(H2,11,15). The molecule has 0 atom stereocenters. The topological polar surface area (TPSA) is 63.4 Å². The summed E-state index contributed by atoms with van der Waals surface area (Å²) in [5.41, 5.74) is 5.38. The van der Waals surface area contributed by atoms with Crippen molar-refractivity contribution >= 4 is 27.0 Å². The van der Waals surface area contributed by atoms with Crippen LogP contribution in [0.3, 0.4) is 0 Å². The highest BCUT2D eigenvalue weighted by Crippen LogP contribution is 2.15. The van der Waals surface area contributed by atoms with E-state index in [1.165, 1.54) is 0 Å². The number of hydrogen-bond acceptors (Lipinski definition) is 4. The Morgan fingerprint density at radius 2 is 1.81 bits per heavy atom. The number of sulfone groups is 1. The van der Waals surface area contributed by atoms with Gasteiger partial charge in [-0.05, 0) is 27.8 Å². The first-order valence-corrected chi connectivity index (χ1v) is 7.31. The zero-order valence-corrected chi connectivity index (χ0v) is 12.1. The predicted molar refractivity (Wildman–Crippen MR) is 72.4 cm³/mol. The maximum Gasteiger partial charge on any atom is 0.156 e. The van der Waals surface area contributed by atoms with Crippen LogP contribution in [-0.2, 0) is 9.84 Å². The number of thiocarbonyl (C=S) groups is 1. The fourth-order valence-electron chi connectivity index (χ4n) is 0.995. The van der Waals surface area contributed by atoms with Gasteiger partial charge in [0.25, 0.3) is 0 Å². The second kappa shape index (κ2) is 5.93. The van der Waals surface area contributed by atoms with Gasteiger partial charge in [0.2, 0.25) is 0 Å². The Hall–Kier alpha value is -0.200. The van der Waals surface area contributed by atoms with E-state index in [0.29, 0.717) is 24.5 Å². The lowest BCUT2D eigenvalue weighted by Gasteiger charge is -2.22. The van der Waals surface area contributed by atoms with E-state index in [2.05, 4.69) is 0 Å². The number of nitrogens with two attached hydrogens (primary N) is 1. The first-order chi connectivity index (χ1) is 7.06. The molecule has 0 aromatic rings. The summed E-state index contributed by atoms with van der Waals surface area (Å²) in [6, 6.07) is 0. The van der Waals surface area contributed by atoms with E-state index >= 15 is 0 Å². The maximum atomic E-state index is 11.8. The minimum absolute atomic E-state index is 0.171. The Labute approximate surface area is 104 Å². The van der Waals surface area contributed by atoms with Crippen molar-refractivity contribution in [1.82, 2.24) is 4.90 Å². The van der Waals surface area contributed by atoms with Crippen molar-refractivity contribution in [3.63, 3.8) is 0 Å².